The van der Waals surface area contributed by atoms with Crippen LogP contribution in [0.1, 0.15) is 77.1 Å². The first-order valence-corrected chi connectivity index (χ1v) is 16.3. The van der Waals surface area contributed by atoms with E-state index in [-0.39, 0.29) is 37.4 Å². The molecule has 0 fully saturated rings. The largest absolute Gasteiger partial charge is 0.444 e. The molecule has 0 bridgehead atoms. The molecule has 2 unspecified atom stereocenters. The predicted octanol–water partition coefficient (Wildman–Crippen LogP) is 5.91. The van der Waals surface area contributed by atoms with E-state index in [2.05, 4.69) is 10.6 Å². The third kappa shape index (κ3) is 8.34. The number of likely N-dealkylation sites (N-methyl/N-ethyl adjacent to an activating group) is 1. The average molecular weight is 656 g/mol. The number of nitrogens with zero attached hydrogens (tertiary/aromatic N) is 3. The van der Waals surface area contributed by atoms with E-state index in [1.165, 1.54) is 9.80 Å². The maximum Gasteiger partial charge on any atom is 0.407 e. The Bertz CT molecular complexity index is 1660. The van der Waals surface area contributed by atoms with Crippen LogP contribution in [0.25, 0.3) is 0 Å². The number of anilines is 1. The lowest BCUT2D eigenvalue weighted by molar-refractivity contribution is -0.138. The Hall–Kier alpha value is -4.86. The van der Waals surface area contributed by atoms with Crippen molar-refractivity contribution in [2.24, 2.45) is 0 Å². The molecule has 4 amide bonds. The molecule has 48 heavy (non-hydrogen) atoms. The first kappa shape index (κ1) is 36.0. The zero-order valence-corrected chi connectivity index (χ0v) is 29.6. The van der Waals surface area contributed by atoms with E-state index in [1.54, 1.807) is 58.0 Å². The Labute approximate surface area is 284 Å². The van der Waals surface area contributed by atoms with E-state index in [1.807, 2.05) is 76.2 Å². The zero-order valence-electron chi connectivity index (χ0n) is 29.6. The summed E-state index contributed by atoms with van der Waals surface area (Å²) in [6.45, 7) is 13.5. The molecule has 1 aliphatic rings. The van der Waals surface area contributed by atoms with E-state index in [0.717, 1.165) is 22.3 Å². The highest BCUT2D eigenvalue weighted by atomic mass is 16.6. The molecule has 3 aromatic rings. The van der Waals surface area contributed by atoms with Gasteiger partial charge in [0.15, 0.2) is 6.04 Å². The summed E-state index contributed by atoms with van der Waals surface area (Å²) in [5, 5.41) is 6.33. The van der Waals surface area contributed by atoms with Crippen LogP contribution in [0.4, 0.5) is 10.5 Å². The number of fused-ring (bicyclic) bond motifs is 1. The summed E-state index contributed by atoms with van der Waals surface area (Å²) < 4.78 is 5.39. The van der Waals surface area contributed by atoms with Crippen molar-refractivity contribution in [2.45, 2.75) is 78.7 Å². The van der Waals surface area contributed by atoms with Gasteiger partial charge in [0, 0.05) is 45.0 Å². The van der Waals surface area contributed by atoms with E-state index in [9.17, 15) is 19.2 Å². The SMILES string of the molecule is Cc1ccc(C(=O)N(CCCNC(=O)OC(C)(C)C)C(C(=O)N(C)C)C2(C)Nc3cc(C)ccc3C(=O)N2Cc2cccc(C)c2)cc1. The summed E-state index contributed by atoms with van der Waals surface area (Å²) in [7, 11) is 3.29. The topological polar surface area (TPSA) is 111 Å². The van der Waals surface area contributed by atoms with Crippen molar-refractivity contribution in [3.8, 4) is 0 Å². The number of hydrogen-bond acceptors (Lipinski definition) is 6. The average Bonchev–Trinajstić information content (AvgIpc) is 2.99. The fourth-order valence-corrected chi connectivity index (χ4v) is 5.98. The molecule has 0 aliphatic carbocycles. The van der Waals surface area contributed by atoms with Crippen LogP contribution in [0.3, 0.4) is 0 Å². The molecule has 0 saturated carbocycles. The maximum absolute atomic E-state index is 14.5. The van der Waals surface area contributed by atoms with Crippen molar-refractivity contribution in [3.05, 3.63) is 100 Å². The maximum atomic E-state index is 14.5. The van der Waals surface area contributed by atoms with Gasteiger partial charge in [-0.3, -0.25) is 14.4 Å². The number of rotatable bonds is 10. The van der Waals surface area contributed by atoms with Crippen LogP contribution >= 0.6 is 0 Å². The Morgan fingerprint density at radius 3 is 2.21 bits per heavy atom. The number of nitrogens with one attached hydrogen (secondary N) is 2. The van der Waals surface area contributed by atoms with Gasteiger partial charge in [0.05, 0.1) is 5.56 Å². The molecule has 4 rings (SSSR count). The first-order valence-electron chi connectivity index (χ1n) is 16.3. The normalized spacial score (nSPS) is 16.4. The van der Waals surface area contributed by atoms with Gasteiger partial charge in [-0.25, -0.2) is 4.79 Å². The highest BCUT2D eigenvalue weighted by Crippen LogP contribution is 2.38. The molecule has 0 aromatic heterocycles. The minimum absolute atomic E-state index is 0.108. The van der Waals surface area contributed by atoms with Gasteiger partial charge in [0.25, 0.3) is 11.8 Å². The molecule has 10 nitrogen and oxygen atoms in total. The van der Waals surface area contributed by atoms with Gasteiger partial charge in [0.1, 0.15) is 11.3 Å². The molecule has 1 heterocycles. The monoisotopic (exact) mass is 655 g/mol. The summed E-state index contributed by atoms with van der Waals surface area (Å²) in [5.74, 6) is -0.976. The third-order valence-corrected chi connectivity index (χ3v) is 8.34. The molecule has 2 atom stereocenters. The molecule has 0 radical (unpaired) electrons. The summed E-state index contributed by atoms with van der Waals surface area (Å²) >= 11 is 0. The quantitative estimate of drug-likeness (QED) is 0.263. The number of alkyl carbamates (subject to hydrolysis) is 1. The highest BCUT2D eigenvalue weighted by molar-refractivity contribution is 6.04. The van der Waals surface area contributed by atoms with Gasteiger partial charge in [-0.2, -0.15) is 0 Å². The fraction of sp³-hybridized carbons (Fsp3) is 0.421. The van der Waals surface area contributed by atoms with E-state index < -0.39 is 23.4 Å². The number of hydrogen-bond donors (Lipinski definition) is 2. The highest BCUT2D eigenvalue weighted by Gasteiger charge is 2.53. The minimum atomic E-state index is -1.39. The van der Waals surface area contributed by atoms with E-state index in [4.69, 9.17) is 4.74 Å². The summed E-state index contributed by atoms with van der Waals surface area (Å²) in [4.78, 5) is 60.5. The summed E-state index contributed by atoms with van der Waals surface area (Å²) in [6.07, 6.45) is -0.242. The standard InChI is InChI=1S/C38H49N5O5/c1-25-14-17-29(18-15-25)33(44)42(21-11-20-39-36(47)48-37(4,5)6)32(35(46)41(8)9)38(7)40-31-23-27(3)16-19-30(31)34(45)43(38)24-28-13-10-12-26(2)22-28/h10,12-19,22-23,32,40H,11,20-21,24H2,1-9H3,(H,39,47). The van der Waals surface area contributed by atoms with Gasteiger partial charge in [-0.15, -0.1) is 0 Å². The van der Waals surface area contributed by atoms with Crippen molar-refractivity contribution in [2.75, 3.05) is 32.5 Å². The van der Waals surface area contributed by atoms with Crippen molar-refractivity contribution in [3.63, 3.8) is 0 Å². The fourth-order valence-electron chi connectivity index (χ4n) is 5.98. The van der Waals surface area contributed by atoms with Gasteiger partial charge < -0.3 is 30.1 Å². The molecule has 256 valence electrons. The summed E-state index contributed by atoms with van der Waals surface area (Å²) in [6, 6.07) is 19.5. The van der Waals surface area contributed by atoms with Crippen LogP contribution < -0.4 is 10.6 Å². The number of aryl methyl sites for hydroxylation is 3. The second kappa shape index (κ2) is 14.5. The number of amides is 4. The molecule has 1 aliphatic heterocycles. The smallest absolute Gasteiger partial charge is 0.407 e. The molecule has 10 heteroatoms. The van der Waals surface area contributed by atoms with E-state index in [0.29, 0.717) is 23.2 Å². The van der Waals surface area contributed by atoms with Crippen LogP contribution in [0.15, 0.2) is 66.7 Å². The molecular weight excluding hydrogens is 606 g/mol. The lowest BCUT2D eigenvalue weighted by Gasteiger charge is -2.53. The Morgan fingerprint density at radius 1 is 0.938 bits per heavy atom. The van der Waals surface area contributed by atoms with Gasteiger partial charge in [-0.1, -0.05) is 53.6 Å². The molecule has 0 spiro atoms. The summed E-state index contributed by atoms with van der Waals surface area (Å²) in [5.41, 5.74) is 3.30. The van der Waals surface area contributed by atoms with E-state index >= 15 is 0 Å². The van der Waals surface area contributed by atoms with Crippen molar-refractivity contribution in [1.29, 1.82) is 0 Å². The van der Waals surface area contributed by atoms with Crippen LogP contribution in [0.2, 0.25) is 0 Å². The van der Waals surface area contributed by atoms with Crippen molar-refractivity contribution >= 4 is 29.5 Å². The van der Waals surface area contributed by atoms with Crippen LogP contribution in [-0.4, -0.2) is 83.0 Å². The third-order valence-electron chi connectivity index (χ3n) is 8.34. The van der Waals surface area contributed by atoms with Gasteiger partial charge >= 0.3 is 6.09 Å². The van der Waals surface area contributed by atoms with Crippen molar-refractivity contribution in [1.82, 2.24) is 20.0 Å². The predicted molar refractivity (Wildman–Crippen MR) is 188 cm³/mol. The van der Waals surface area contributed by atoms with Crippen LogP contribution in [0, 0.1) is 20.8 Å². The lowest BCUT2D eigenvalue weighted by atomic mass is 9.89. The lowest BCUT2D eigenvalue weighted by Crippen LogP contribution is -2.72. The second-order valence-electron chi connectivity index (χ2n) is 14.0. The molecule has 3 aromatic carbocycles. The number of carbonyl (C=O) groups is 4. The van der Waals surface area contributed by atoms with Gasteiger partial charge in [-0.05, 0) is 90.3 Å². The number of benzene rings is 3. The first-order chi connectivity index (χ1) is 22.5. The van der Waals surface area contributed by atoms with Crippen LogP contribution in [0.5, 0.6) is 0 Å². The minimum Gasteiger partial charge on any atom is -0.444 e. The van der Waals surface area contributed by atoms with Crippen molar-refractivity contribution < 1.29 is 23.9 Å². The second-order valence-corrected chi connectivity index (χ2v) is 14.0. The number of ether oxygens (including phenoxy) is 1. The number of carbonyl (C=O) groups excluding carboxylic acids is 4. The Kier molecular flexibility index (Phi) is 10.9. The molecule has 0 saturated heterocycles. The molecular formula is C38H49N5O5. The van der Waals surface area contributed by atoms with Gasteiger partial charge in [0.2, 0.25) is 5.91 Å². The zero-order chi connectivity index (χ0) is 35.4. The van der Waals surface area contributed by atoms with Crippen LogP contribution in [-0.2, 0) is 16.1 Å². The molecule has 2 N–H and O–H groups in total. The Morgan fingerprint density at radius 2 is 1.58 bits per heavy atom. The Balaban J connectivity index is 1.83.